The standard InChI is InChI=1S/C16H28N4/c1-13-12-17-14(2)15(18-13)20-10-8-19(9-11-20)7-6-16(3,4)5/h12H,6-11H2,1-5H3. The number of hydrogen-bond acceptors (Lipinski definition) is 4. The molecule has 0 aliphatic carbocycles. The van der Waals surface area contributed by atoms with E-state index in [0.717, 1.165) is 43.4 Å². The molecule has 112 valence electrons. The van der Waals surface area contributed by atoms with Crippen LogP contribution >= 0.6 is 0 Å². The van der Waals surface area contributed by atoms with E-state index in [9.17, 15) is 0 Å². The first-order valence-electron chi connectivity index (χ1n) is 7.63. The first-order valence-corrected chi connectivity index (χ1v) is 7.63. The van der Waals surface area contributed by atoms with E-state index in [1.165, 1.54) is 13.0 Å². The lowest BCUT2D eigenvalue weighted by atomic mass is 9.92. The van der Waals surface area contributed by atoms with Crippen molar-refractivity contribution < 1.29 is 0 Å². The molecule has 2 rings (SSSR count). The second kappa shape index (κ2) is 6.08. The molecule has 0 spiro atoms. The smallest absolute Gasteiger partial charge is 0.150 e. The van der Waals surface area contributed by atoms with Crippen molar-refractivity contribution in [2.75, 3.05) is 37.6 Å². The number of piperazine rings is 1. The number of anilines is 1. The average molecular weight is 276 g/mol. The van der Waals surface area contributed by atoms with E-state index < -0.39 is 0 Å². The maximum atomic E-state index is 4.65. The molecule has 1 aromatic rings. The molecule has 0 bridgehead atoms. The summed E-state index contributed by atoms with van der Waals surface area (Å²) in [7, 11) is 0. The van der Waals surface area contributed by atoms with Crippen molar-refractivity contribution in [3.8, 4) is 0 Å². The van der Waals surface area contributed by atoms with Gasteiger partial charge in [0.25, 0.3) is 0 Å². The molecule has 0 radical (unpaired) electrons. The van der Waals surface area contributed by atoms with Gasteiger partial charge in [0.1, 0.15) is 5.82 Å². The third-order valence-corrected chi connectivity index (χ3v) is 3.90. The lowest BCUT2D eigenvalue weighted by molar-refractivity contribution is 0.217. The van der Waals surface area contributed by atoms with Crippen LogP contribution < -0.4 is 4.90 Å². The SMILES string of the molecule is Cc1cnc(C)c(N2CCN(CCC(C)(C)C)CC2)n1. The Balaban J connectivity index is 1.89. The van der Waals surface area contributed by atoms with Crippen molar-refractivity contribution in [1.29, 1.82) is 0 Å². The van der Waals surface area contributed by atoms with Gasteiger partial charge in [0.05, 0.1) is 11.4 Å². The molecule has 0 unspecified atom stereocenters. The van der Waals surface area contributed by atoms with E-state index in [-0.39, 0.29) is 0 Å². The highest BCUT2D eigenvalue weighted by Crippen LogP contribution is 2.21. The van der Waals surface area contributed by atoms with Crippen molar-refractivity contribution in [2.24, 2.45) is 5.41 Å². The summed E-state index contributed by atoms with van der Waals surface area (Å²) in [6.07, 6.45) is 3.11. The molecule has 0 N–H and O–H groups in total. The molecule has 2 heterocycles. The van der Waals surface area contributed by atoms with E-state index in [4.69, 9.17) is 0 Å². The molecule has 20 heavy (non-hydrogen) atoms. The Bertz CT molecular complexity index is 442. The van der Waals surface area contributed by atoms with Gasteiger partial charge in [-0.2, -0.15) is 0 Å². The molecule has 4 nitrogen and oxygen atoms in total. The molecule has 1 aromatic heterocycles. The van der Waals surface area contributed by atoms with Gasteiger partial charge in [-0.05, 0) is 32.2 Å². The molecule has 0 amide bonds. The lowest BCUT2D eigenvalue weighted by Gasteiger charge is -2.36. The maximum absolute atomic E-state index is 4.65. The maximum Gasteiger partial charge on any atom is 0.150 e. The highest BCUT2D eigenvalue weighted by atomic mass is 15.3. The van der Waals surface area contributed by atoms with Gasteiger partial charge in [-0.1, -0.05) is 20.8 Å². The zero-order chi connectivity index (χ0) is 14.8. The summed E-state index contributed by atoms with van der Waals surface area (Å²) >= 11 is 0. The molecular weight excluding hydrogens is 248 g/mol. The summed E-state index contributed by atoms with van der Waals surface area (Å²) in [4.78, 5) is 14.0. The molecule has 0 saturated carbocycles. The molecule has 1 aliphatic heterocycles. The van der Waals surface area contributed by atoms with Crippen LogP contribution in [0.3, 0.4) is 0 Å². The monoisotopic (exact) mass is 276 g/mol. The number of nitrogens with zero attached hydrogens (tertiary/aromatic N) is 4. The summed E-state index contributed by atoms with van der Waals surface area (Å²) in [6.45, 7) is 16.6. The van der Waals surface area contributed by atoms with Crippen LogP contribution in [0.1, 0.15) is 38.6 Å². The second-order valence-electron chi connectivity index (χ2n) is 7.06. The van der Waals surface area contributed by atoms with Gasteiger partial charge in [-0.15, -0.1) is 0 Å². The Morgan fingerprint density at radius 2 is 1.75 bits per heavy atom. The molecular formula is C16H28N4. The third-order valence-electron chi connectivity index (χ3n) is 3.90. The van der Waals surface area contributed by atoms with E-state index in [1.54, 1.807) is 0 Å². The van der Waals surface area contributed by atoms with Gasteiger partial charge < -0.3 is 4.90 Å². The quantitative estimate of drug-likeness (QED) is 0.849. The number of aryl methyl sites for hydroxylation is 2. The first kappa shape index (κ1) is 15.2. The van der Waals surface area contributed by atoms with Gasteiger partial charge in [0.2, 0.25) is 0 Å². The van der Waals surface area contributed by atoms with Crippen molar-refractivity contribution in [3.05, 3.63) is 17.6 Å². The fourth-order valence-electron chi connectivity index (χ4n) is 2.50. The number of rotatable bonds is 3. The Morgan fingerprint density at radius 3 is 2.35 bits per heavy atom. The largest absolute Gasteiger partial charge is 0.353 e. The molecule has 1 aliphatic rings. The van der Waals surface area contributed by atoms with E-state index in [0.29, 0.717) is 5.41 Å². The van der Waals surface area contributed by atoms with Crippen LogP contribution in [0.2, 0.25) is 0 Å². The second-order valence-corrected chi connectivity index (χ2v) is 7.06. The summed E-state index contributed by atoms with van der Waals surface area (Å²) < 4.78 is 0. The number of hydrogen-bond donors (Lipinski definition) is 0. The molecule has 1 fully saturated rings. The van der Waals surface area contributed by atoms with Crippen LogP contribution in [0.5, 0.6) is 0 Å². The minimum absolute atomic E-state index is 0.426. The summed E-state index contributed by atoms with van der Waals surface area (Å²) in [5.41, 5.74) is 2.47. The van der Waals surface area contributed by atoms with Crippen LogP contribution in [0.15, 0.2) is 6.20 Å². The van der Waals surface area contributed by atoms with Gasteiger partial charge in [-0.25, -0.2) is 4.98 Å². The molecule has 0 atom stereocenters. The molecule has 1 saturated heterocycles. The zero-order valence-corrected chi connectivity index (χ0v) is 13.6. The van der Waals surface area contributed by atoms with Gasteiger partial charge >= 0.3 is 0 Å². The minimum atomic E-state index is 0.426. The van der Waals surface area contributed by atoms with Crippen LogP contribution in [0.25, 0.3) is 0 Å². The Labute approximate surface area is 123 Å². The van der Waals surface area contributed by atoms with Crippen LogP contribution in [0.4, 0.5) is 5.82 Å². The van der Waals surface area contributed by atoms with Crippen molar-refractivity contribution in [3.63, 3.8) is 0 Å². The Morgan fingerprint density at radius 1 is 1.10 bits per heavy atom. The Kier molecular flexibility index (Phi) is 4.63. The van der Waals surface area contributed by atoms with E-state index in [2.05, 4.69) is 40.5 Å². The summed E-state index contributed by atoms with van der Waals surface area (Å²) in [5, 5.41) is 0. The Hall–Kier alpha value is -1.16. The van der Waals surface area contributed by atoms with E-state index >= 15 is 0 Å². The molecule has 0 aromatic carbocycles. The van der Waals surface area contributed by atoms with Gasteiger partial charge in [0, 0.05) is 32.4 Å². The zero-order valence-electron chi connectivity index (χ0n) is 13.6. The van der Waals surface area contributed by atoms with E-state index in [1.807, 2.05) is 20.0 Å². The fourth-order valence-corrected chi connectivity index (χ4v) is 2.50. The summed E-state index contributed by atoms with van der Waals surface area (Å²) in [6, 6.07) is 0. The van der Waals surface area contributed by atoms with Crippen molar-refractivity contribution in [1.82, 2.24) is 14.9 Å². The van der Waals surface area contributed by atoms with Crippen LogP contribution in [-0.4, -0.2) is 47.6 Å². The molecule has 4 heteroatoms. The van der Waals surface area contributed by atoms with Gasteiger partial charge in [-0.3, -0.25) is 9.88 Å². The lowest BCUT2D eigenvalue weighted by Crippen LogP contribution is -2.47. The van der Waals surface area contributed by atoms with Crippen LogP contribution in [-0.2, 0) is 0 Å². The summed E-state index contributed by atoms with van der Waals surface area (Å²) in [5.74, 6) is 1.07. The highest BCUT2D eigenvalue weighted by molar-refractivity contribution is 5.43. The third kappa shape index (κ3) is 4.17. The van der Waals surface area contributed by atoms with Gasteiger partial charge in [0.15, 0.2) is 0 Å². The average Bonchev–Trinajstić information content (AvgIpc) is 2.39. The highest BCUT2D eigenvalue weighted by Gasteiger charge is 2.21. The minimum Gasteiger partial charge on any atom is -0.353 e. The fraction of sp³-hybridized carbons (Fsp3) is 0.750. The first-order chi connectivity index (χ1) is 9.35. The predicted octanol–water partition coefficient (Wildman–Crippen LogP) is 2.65. The van der Waals surface area contributed by atoms with Crippen molar-refractivity contribution >= 4 is 5.82 Å². The van der Waals surface area contributed by atoms with Crippen LogP contribution in [0, 0.1) is 19.3 Å². The topological polar surface area (TPSA) is 32.3 Å². The number of aromatic nitrogens is 2. The van der Waals surface area contributed by atoms with Crippen molar-refractivity contribution in [2.45, 2.75) is 41.0 Å². The predicted molar refractivity (Wildman–Crippen MR) is 84.2 cm³/mol. The normalized spacial score (nSPS) is 17.6.